The highest BCUT2D eigenvalue weighted by Gasteiger charge is 2.02. The van der Waals surface area contributed by atoms with Crippen LogP contribution in [-0.4, -0.2) is 35.4 Å². The van der Waals surface area contributed by atoms with Gasteiger partial charge < -0.3 is 10.6 Å². The molecule has 0 aliphatic heterocycles. The molecule has 7 heteroatoms. The first kappa shape index (κ1) is 21.4. The van der Waals surface area contributed by atoms with E-state index in [4.69, 9.17) is 0 Å². The Hall–Kier alpha value is -1.64. The van der Waals surface area contributed by atoms with Crippen LogP contribution in [0.2, 0.25) is 0 Å². The fourth-order valence-corrected chi connectivity index (χ4v) is 2.45. The van der Waals surface area contributed by atoms with E-state index in [0.717, 1.165) is 56.1 Å². The lowest BCUT2D eigenvalue weighted by molar-refractivity contribution is 0.584. The van der Waals surface area contributed by atoms with E-state index >= 15 is 0 Å². The van der Waals surface area contributed by atoms with Crippen LogP contribution in [0, 0.1) is 12.7 Å². The van der Waals surface area contributed by atoms with Gasteiger partial charge in [0.25, 0.3) is 0 Å². The third kappa shape index (κ3) is 7.85. The summed E-state index contributed by atoms with van der Waals surface area (Å²) in [5.74, 6) is 0.633. The van der Waals surface area contributed by atoms with Gasteiger partial charge in [-0.3, -0.25) is 9.67 Å². The molecule has 0 spiro atoms. The van der Waals surface area contributed by atoms with Crippen molar-refractivity contribution in [1.82, 2.24) is 20.4 Å². The molecule has 0 atom stereocenters. The van der Waals surface area contributed by atoms with Crippen molar-refractivity contribution >= 4 is 29.9 Å². The van der Waals surface area contributed by atoms with Crippen LogP contribution in [0.3, 0.4) is 0 Å². The minimum absolute atomic E-state index is 0. The third-order valence-corrected chi connectivity index (χ3v) is 3.71. The molecule has 1 aromatic heterocycles. The van der Waals surface area contributed by atoms with Crippen molar-refractivity contribution in [3.05, 3.63) is 53.6 Å². The first-order chi connectivity index (χ1) is 11.7. The Balaban J connectivity index is 0.00000312. The van der Waals surface area contributed by atoms with Gasteiger partial charge in [0, 0.05) is 38.6 Å². The molecule has 0 saturated carbocycles. The number of hydrogen-bond acceptors (Lipinski definition) is 2. The maximum absolute atomic E-state index is 13.1. The van der Waals surface area contributed by atoms with Gasteiger partial charge in [0.05, 0.1) is 0 Å². The molecular formula is C18H27FIN5. The highest BCUT2D eigenvalue weighted by Crippen LogP contribution is 2.10. The highest BCUT2D eigenvalue weighted by molar-refractivity contribution is 14.0. The van der Waals surface area contributed by atoms with Gasteiger partial charge in [-0.15, -0.1) is 24.0 Å². The summed E-state index contributed by atoms with van der Waals surface area (Å²) in [7, 11) is 0. The van der Waals surface area contributed by atoms with E-state index in [2.05, 4.69) is 20.7 Å². The molecule has 0 radical (unpaired) electrons. The van der Waals surface area contributed by atoms with Crippen LogP contribution in [0.25, 0.3) is 0 Å². The first-order valence-electron chi connectivity index (χ1n) is 8.43. The summed E-state index contributed by atoms with van der Waals surface area (Å²) in [6, 6.07) is 6.85. The average molecular weight is 459 g/mol. The van der Waals surface area contributed by atoms with E-state index in [1.807, 2.05) is 36.9 Å². The van der Waals surface area contributed by atoms with Crippen LogP contribution < -0.4 is 10.6 Å². The molecule has 0 aliphatic carbocycles. The minimum Gasteiger partial charge on any atom is -0.357 e. The van der Waals surface area contributed by atoms with E-state index in [9.17, 15) is 4.39 Å². The SMILES string of the molecule is CCNC(=NCCCn1cccn1)NCCc1ccc(F)cc1C.I. The topological polar surface area (TPSA) is 54.2 Å². The molecule has 2 N–H and O–H groups in total. The van der Waals surface area contributed by atoms with E-state index in [-0.39, 0.29) is 29.8 Å². The number of nitrogens with one attached hydrogen (secondary N) is 2. The quantitative estimate of drug-likeness (QED) is 0.276. The van der Waals surface area contributed by atoms with Gasteiger partial charge in [0.15, 0.2) is 5.96 Å². The fourth-order valence-electron chi connectivity index (χ4n) is 2.45. The zero-order chi connectivity index (χ0) is 17.2. The minimum atomic E-state index is -0.184. The van der Waals surface area contributed by atoms with Crippen molar-refractivity contribution in [2.24, 2.45) is 4.99 Å². The van der Waals surface area contributed by atoms with Crippen LogP contribution in [0.1, 0.15) is 24.5 Å². The number of guanidine groups is 1. The molecule has 138 valence electrons. The number of aliphatic imine (C=N–C) groups is 1. The Morgan fingerprint density at radius 2 is 2.16 bits per heavy atom. The summed E-state index contributed by atoms with van der Waals surface area (Å²) >= 11 is 0. The number of nitrogens with zero attached hydrogens (tertiary/aromatic N) is 3. The van der Waals surface area contributed by atoms with Crippen molar-refractivity contribution in [3.8, 4) is 0 Å². The maximum Gasteiger partial charge on any atom is 0.191 e. The third-order valence-electron chi connectivity index (χ3n) is 3.71. The standard InChI is InChI=1S/C18H26FN5.HI/c1-3-20-18(21-9-4-12-24-13-5-10-23-24)22-11-8-16-6-7-17(19)14-15(16)2;/h5-7,10,13-14H,3-4,8-9,11-12H2,1-2H3,(H2,20,21,22);1H. The van der Waals surface area contributed by atoms with Gasteiger partial charge in [-0.2, -0.15) is 5.10 Å². The number of aryl methyl sites for hydroxylation is 2. The molecule has 0 unspecified atom stereocenters. The Labute approximate surface area is 166 Å². The molecule has 2 aromatic rings. The predicted octanol–water partition coefficient (Wildman–Crippen LogP) is 3.14. The van der Waals surface area contributed by atoms with Crippen molar-refractivity contribution in [3.63, 3.8) is 0 Å². The van der Waals surface area contributed by atoms with Gasteiger partial charge in [-0.05, 0) is 56.0 Å². The second-order valence-corrected chi connectivity index (χ2v) is 5.63. The van der Waals surface area contributed by atoms with E-state index in [1.54, 1.807) is 12.3 Å². The van der Waals surface area contributed by atoms with E-state index in [0.29, 0.717) is 0 Å². The molecule has 0 fully saturated rings. The van der Waals surface area contributed by atoms with Gasteiger partial charge in [-0.25, -0.2) is 4.39 Å². The number of rotatable bonds is 8. The summed E-state index contributed by atoms with van der Waals surface area (Å²) in [6.45, 7) is 7.17. The molecule has 5 nitrogen and oxygen atoms in total. The lowest BCUT2D eigenvalue weighted by Crippen LogP contribution is -2.38. The molecule has 2 rings (SSSR count). The number of aromatic nitrogens is 2. The Bertz CT molecular complexity index is 643. The normalized spacial score (nSPS) is 11.1. The van der Waals surface area contributed by atoms with E-state index < -0.39 is 0 Å². The molecule has 1 heterocycles. The molecular weight excluding hydrogens is 432 g/mol. The van der Waals surface area contributed by atoms with Gasteiger partial charge >= 0.3 is 0 Å². The van der Waals surface area contributed by atoms with E-state index in [1.165, 1.54) is 6.07 Å². The monoisotopic (exact) mass is 459 g/mol. The molecule has 1 aromatic carbocycles. The number of hydrogen-bond donors (Lipinski definition) is 2. The Morgan fingerprint density at radius 3 is 2.84 bits per heavy atom. The van der Waals surface area contributed by atoms with Crippen molar-refractivity contribution < 1.29 is 4.39 Å². The molecule has 25 heavy (non-hydrogen) atoms. The van der Waals surface area contributed by atoms with Gasteiger partial charge in [-0.1, -0.05) is 6.07 Å². The summed E-state index contributed by atoms with van der Waals surface area (Å²) < 4.78 is 15.0. The molecule has 0 bridgehead atoms. The number of benzene rings is 1. The highest BCUT2D eigenvalue weighted by atomic mass is 127. The molecule has 0 aliphatic rings. The van der Waals surface area contributed by atoms with Crippen LogP contribution in [0.4, 0.5) is 4.39 Å². The smallest absolute Gasteiger partial charge is 0.191 e. The lowest BCUT2D eigenvalue weighted by Gasteiger charge is -2.12. The number of halogens is 2. The summed E-state index contributed by atoms with van der Waals surface area (Å²) in [5.41, 5.74) is 2.14. The summed E-state index contributed by atoms with van der Waals surface area (Å²) in [6.07, 6.45) is 5.52. The van der Waals surface area contributed by atoms with Gasteiger partial charge in [0.2, 0.25) is 0 Å². The maximum atomic E-state index is 13.1. The Morgan fingerprint density at radius 1 is 1.32 bits per heavy atom. The zero-order valence-corrected chi connectivity index (χ0v) is 17.2. The van der Waals surface area contributed by atoms with Crippen LogP contribution in [0.5, 0.6) is 0 Å². The first-order valence-corrected chi connectivity index (χ1v) is 8.43. The summed E-state index contributed by atoms with van der Waals surface area (Å²) in [5, 5.41) is 10.7. The second kappa shape index (κ2) is 11.8. The largest absolute Gasteiger partial charge is 0.357 e. The lowest BCUT2D eigenvalue weighted by atomic mass is 10.1. The fraction of sp³-hybridized carbons (Fsp3) is 0.444. The van der Waals surface area contributed by atoms with Crippen LogP contribution in [-0.2, 0) is 13.0 Å². The zero-order valence-electron chi connectivity index (χ0n) is 14.8. The summed E-state index contributed by atoms with van der Waals surface area (Å²) in [4.78, 5) is 4.57. The molecule has 0 saturated heterocycles. The van der Waals surface area contributed by atoms with Crippen LogP contribution in [0.15, 0.2) is 41.7 Å². The van der Waals surface area contributed by atoms with Crippen LogP contribution >= 0.6 is 24.0 Å². The van der Waals surface area contributed by atoms with Crippen molar-refractivity contribution in [2.45, 2.75) is 33.2 Å². The van der Waals surface area contributed by atoms with Crippen molar-refractivity contribution in [2.75, 3.05) is 19.6 Å². The Kier molecular flexibility index (Phi) is 10.1. The van der Waals surface area contributed by atoms with Crippen molar-refractivity contribution in [1.29, 1.82) is 0 Å². The average Bonchev–Trinajstić information content (AvgIpc) is 3.07. The second-order valence-electron chi connectivity index (χ2n) is 5.63. The van der Waals surface area contributed by atoms with Gasteiger partial charge in [0.1, 0.15) is 5.82 Å². The molecule has 0 amide bonds. The predicted molar refractivity (Wildman–Crippen MR) is 111 cm³/mol.